The first-order valence-electron chi connectivity index (χ1n) is 9.41. The van der Waals surface area contributed by atoms with Gasteiger partial charge in [-0.2, -0.15) is 0 Å². The number of allylic oxidation sites excluding steroid dienone is 6. The van der Waals surface area contributed by atoms with Crippen LogP contribution >= 0.6 is 0 Å². The van der Waals surface area contributed by atoms with Crippen LogP contribution in [0.3, 0.4) is 0 Å². The lowest BCUT2D eigenvalue weighted by atomic mass is 10.1. The maximum atomic E-state index is 11.3. The molecule has 0 radical (unpaired) electrons. The fourth-order valence-electron chi connectivity index (χ4n) is 2.18. The third kappa shape index (κ3) is 18.6. The Morgan fingerprint density at radius 2 is 1.39 bits per heavy atom. The first-order valence-corrected chi connectivity index (χ1v) is 9.41. The summed E-state index contributed by atoms with van der Waals surface area (Å²) in [6, 6.07) is 0. The minimum atomic E-state index is -0.0342. The van der Waals surface area contributed by atoms with Gasteiger partial charge in [-0.1, -0.05) is 69.6 Å². The van der Waals surface area contributed by atoms with Crippen LogP contribution in [0.15, 0.2) is 36.5 Å². The molecule has 0 aromatic carbocycles. The third-order valence-electron chi connectivity index (χ3n) is 3.50. The van der Waals surface area contributed by atoms with Crippen LogP contribution < -0.4 is 0 Å². The highest BCUT2D eigenvalue weighted by molar-refractivity contribution is 5.69. The molecule has 0 saturated heterocycles. The van der Waals surface area contributed by atoms with E-state index in [-0.39, 0.29) is 5.97 Å². The molecule has 132 valence electrons. The topological polar surface area (TPSA) is 26.3 Å². The molecule has 0 fully saturated rings. The van der Waals surface area contributed by atoms with E-state index >= 15 is 0 Å². The van der Waals surface area contributed by atoms with Gasteiger partial charge in [0.2, 0.25) is 0 Å². The number of hydrogen-bond acceptors (Lipinski definition) is 2. The molecule has 0 aliphatic rings. The monoisotopic (exact) mass is 320 g/mol. The van der Waals surface area contributed by atoms with E-state index in [9.17, 15) is 4.79 Å². The van der Waals surface area contributed by atoms with Gasteiger partial charge in [-0.3, -0.25) is 4.79 Å². The van der Waals surface area contributed by atoms with Crippen LogP contribution in [0.5, 0.6) is 0 Å². The van der Waals surface area contributed by atoms with Crippen molar-refractivity contribution in [3.63, 3.8) is 0 Å². The Balaban J connectivity index is 3.28. The molecule has 2 nitrogen and oxygen atoms in total. The van der Waals surface area contributed by atoms with E-state index in [1.807, 2.05) is 6.92 Å². The molecular formula is C21H36O2. The highest BCUT2D eigenvalue weighted by Crippen LogP contribution is 2.08. The van der Waals surface area contributed by atoms with Gasteiger partial charge in [0, 0.05) is 6.42 Å². The van der Waals surface area contributed by atoms with E-state index < -0.39 is 0 Å². The molecule has 0 atom stereocenters. The van der Waals surface area contributed by atoms with Crippen LogP contribution in [0.4, 0.5) is 0 Å². The first kappa shape index (κ1) is 21.7. The predicted octanol–water partition coefficient (Wildman–Crippen LogP) is 6.53. The summed E-state index contributed by atoms with van der Waals surface area (Å²) < 4.78 is 5.05. The summed E-state index contributed by atoms with van der Waals surface area (Å²) in [5.74, 6) is -0.0342. The van der Waals surface area contributed by atoms with E-state index in [0.717, 1.165) is 38.5 Å². The summed E-state index contributed by atoms with van der Waals surface area (Å²) >= 11 is 0. The van der Waals surface area contributed by atoms with Crippen LogP contribution in [0.1, 0.15) is 84.5 Å². The van der Waals surface area contributed by atoms with Crippen molar-refractivity contribution >= 4 is 5.97 Å². The molecule has 23 heavy (non-hydrogen) atoms. The maximum Gasteiger partial charge on any atom is 0.305 e. The highest BCUT2D eigenvalue weighted by Gasteiger charge is 2.00. The molecule has 0 spiro atoms. The largest absolute Gasteiger partial charge is 0.466 e. The van der Waals surface area contributed by atoms with Gasteiger partial charge >= 0.3 is 5.97 Å². The van der Waals surface area contributed by atoms with Crippen LogP contribution in [-0.2, 0) is 9.53 Å². The third-order valence-corrected chi connectivity index (χ3v) is 3.50. The maximum absolute atomic E-state index is 11.3. The number of unbranched alkanes of at least 4 members (excludes halogenated alkanes) is 5. The summed E-state index contributed by atoms with van der Waals surface area (Å²) in [5.41, 5.74) is 0. The zero-order chi connectivity index (χ0) is 17.0. The predicted molar refractivity (Wildman–Crippen MR) is 101 cm³/mol. The molecule has 0 bridgehead atoms. The van der Waals surface area contributed by atoms with Crippen molar-refractivity contribution in [2.24, 2.45) is 0 Å². The summed E-state index contributed by atoms with van der Waals surface area (Å²) in [5, 5.41) is 0. The van der Waals surface area contributed by atoms with Crippen molar-refractivity contribution in [3.8, 4) is 0 Å². The lowest BCUT2D eigenvalue weighted by molar-refractivity contribution is -0.143. The Labute approximate surface area is 143 Å². The minimum absolute atomic E-state index is 0.0342. The van der Waals surface area contributed by atoms with E-state index in [0.29, 0.717) is 13.0 Å². The van der Waals surface area contributed by atoms with Crippen LogP contribution in [-0.4, -0.2) is 12.6 Å². The van der Waals surface area contributed by atoms with Gasteiger partial charge in [-0.15, -0.1) is 0 Å². The molecule has 0 aliphatic heterocycles. The molecule has 0 unspecified atom stereocenters. The van der Waals surface area contributed by atoms with E-state index in [1.54, 1.807) is 0 Å². The van der Waals surface area contributed by atoms with Crippen molar-refractivity contribution in [2.45, 2.75) is 84.5 Å². The van der Waals surface area contributed by atoms with Gasteiger partial charge in [0.05, 0.1) is 6.61 Å². The van der Waals surface area contributed by atoms with Crippen molar-refractivity contribution in [2.75, 3.05) is 6.61 Å². The number of rotatable bonds is 15. The Bertz CT molecular complexity index is 340. The van der Waals surface area contributed by atoms with Crippen molar-refractivity contribution in [1.82, 2.24) is 0 Å². The van der Waals surface area contributed by atoms with Gasteiger partial charge in [-0.05, 0) is 44.9 Å². The second-order valence-corrected chi connectivity index (χ2v) is 5.82. The molecular weight excluding hydrogens is 284 g/mol. The zero-order valence-electron chi connectivity index (χ0n) is 15.3. The first-order chi connectivity index (χ1) is 11.3. The molecule has 0 N–H and O–H groups in total. The lowest BCUT2D eigenvalue weighted by Crippen LogP contribution is -2.04. The zero-order valence-corrected chi connectivity index (χ0v) is 15.3. The Morgan fingerprint density at radius 1 is 0.783 bits per heavy atom. The van der Waals surface area contributed by atoms with Gasteiger partial charge in [-0.25, -0.2) is 0 Å². The second kappa shape index (κ2) is 18.7. The summed E-state index contributed by atoms with van der Waals surface area (Å²) in [6.45, 7) is 4.74. The van der Waals surface area contributed by atoms with Gasteiger partial charge in [0.25, 0.3) is 0 Å². The average Bonchev–Trinajstić information content (AvgIpc) is 2.56. The van der Waals surface area contributed by atoms with E-state index in [1.165, 1.54) is 25.7 Å². The summed E-state index contributed by atoms with van der Waals surface area (Å²) in [7, 11) is 0. The van der Waals surface area contributed by atoms with Gasteiger partial charge in [0.1, 0.15) is 0 Å². The molecule has 2 heteroatoms. The number of carbonyl (C=O) groups excluding carboxylic acids is 1. The number of ether oxygens (including phenoxy) is 1. The molecule has 0 aliphatic carbocycles. The van der Waals surface area contributed by atoms with Gasteiger partial charge in [0.15, 0.2) is 0 Å². The lowest BCUT2D eigenvalue weighted by Gasteiger charge is -2.02. The van der Waals surface area contributed by atoms with Crippen molar-refractivity contribution in [1.29, 1.82) is 0 Å². The molecule has 0 aromatic rings. The van der Waals surface area contributed by atoms with Gasteiger partial charge < -0.3 is 4.74 Å². The summed E-state index contributed by atoms with van der Waals surface area (Å²) in [6.07, 6.45) is 25.1. The number of carbonyl (C=O) groups is 1. The molecule has 0 aromatic heterocycles. The van der Waals surface area contributed by atoms with Crippen molar-refractivity contribution < 1.29 is 9.53 Å². The average molecular weight is 321 g/mol. The van der Waals surface area contributed by atoms with Crippen LogP contribution in [0.25, 0.3) is 0 Å². The molecule has 0 heterocycles. The Hall–Kier alpha value is -1.31. The normalized spacial score (nSPS) is 11.9. The standard InChI is InChI=1S/C21H36O2/c1-3-5-6-7-8-9-10-11-12-13-14-15-16-17-18-19-21(22)23-20-4-2/h5-6,8-9,11-12H,3-4,7,10,13-20H2,1-2H3/b6-5?,9-8?,12-11-. The fourth-order valence-corrected chi connectivity index (χ4v) is 2.18. The quantitative estimate of drug-likeness (QED) is 0.195. The number of esters is 1. The van der Waals surface area contributed by atoms with Crippen LogP contribution in [0.2, 0.25) is 0 Å². The van der Waals surface area contributed by atoms with E-state index in [4.69, 9.17) is 4.74 Å². The van der Waals surface area contributed by atoms with E-state index in [2.05, 4.69) is 43.4 Å². The van der Waals surface area contributed by atoms with Crippen molar-refractivity contribution in [3.05, 3.63) is 36.5 Å². The fraction of sp³-hybridized carbons (Fsp3) is 0.667. The number of hydrogen-bond donors (Lipinski definition) is 0. The van der Waals surface area contributed by atoms with Crippen LogP contribution in [0, 0.1) is 0 Å². The Morgan fingerprint density at radius 3 is 2.09 bits per heavy atom. The minimum Gasteiger partial charge on any atom is -0.466 e. The summed E-state index contributed by atoms with van der Waals surface area (Å²) in [4.78, 5) is 11.3. The Kier molecular flexibility index (Phi) is 17.7. The second-order valence-electron chi connectivity index (χ2n) is 5.82. The smallest absolute Gasteiger partial charge is 0.305 e. The SMILES string of the molecule is CCC=CCC=CC/C=C\CCCCCCCC(=O)OCCC. The molecule has 0 rings (SSSR count). The molecule has 0 amide bonds. The molecule has 0 saturated carbocycles. The highest BCUT2D eigenvalue weighted by atomic mass is 16.5.